The summed E-state index contributed by atoms with van der Waals surface area (Å²) < 4.78 is 6.30. The Balaban J connectivity index is 2.43. The van der Waals surface area contributed by atoms with Gasteiger partial charge in [0.1, 0.15) is 5.75 Å². The van der Waals surface area contributed by atoms with Gasteiger partial charge in [-0.1, -0.05) is 129 Å². The zero-order chi connectivity index (χ0) is 26.8. The van der Waals surface area contributed by atoms with Crippen molar-refractivity contribution in [2.75, 3.05) is 13.2 Å². The normalized spacial score (nSPS) is 11.8. The van der Waals surface area contributed by atoms with Gasteiger partial charge in [0, 0.05) is 18.6 Å². The largest absolute Gasteiger partial charge is 0.493 e. The van der Waals surface area contributed by atoms with Crippen LogP contribution in [0.25, 0.3) is 0 Å². The zero-order valence-corrected chi connectivity index (χ0v) is 24.9. The molecule has 0 saturated carbocycles. The second-order valence-electron chi connectivity index (χ2n) is 11.1. The van der Waals surface area contributed by atoms with Gasteiger partial charge in [-0.15, -0.1) is 0 Å². The monoisotopic (exact) mass is 512 g/mol. The van der Waals surface area contributed by atoms with Crippen LogP contribution in [0.3, 0.4) is 0 Å². The molecular weight excluding hydrogens is 452 g/mol. The predicted octanol–water partition coefficient (Wildman–Crippen LogP) is 10.4. The zero-order valence-electron chi connectivity index (χ0n) is 24.9. The van der Waals surface area contributed by atoms with Crippen molar-refractivity contribution in [2.45, 2.75) is 156 Å². The van der Waals surface area contributed by atoms with Crippen LogP contribution in [0.2, 0.25) is 0 Å². The summed E-state index contributed by atoms with van der Waals surface area (Å²) in [5.41, 5.74) is 2.44. The van der Waals surface area contributed by atoms with Crippen molar-refractivity contribution in [3.8, 4) is 17.6 Å². The highest BCUT2D eigenvalue weighted by molar-refractivity contribution is 5.43. The van der Waals surface area contributed by atoms with Crippen LogP contribution >= 0.6 is 0 Å². The van der Waals surface area contributed by atoms with E-state index in [1.54, 1.807) is 0 Å². The minimum atomic E-state index is 0.255. The molecule has 1 N–H and O–H groups in total. The number of hydrogen-bond donors (Lipinski definition) is 1. The standard InChI is InChI=1S/C35H60O2/c1-4-7-9-10-11-12-13-14-15-16-17-18-21-25-33-28-34(26-22-19-20-23-27-36)30-35(29-33)37-31-32(6-3)24-8-5-2/h28-30,32,36H,4-21,23-25,27,31H2,1-3H3. The minimum absolute atomic E-state index is 0.255. The van der Waals surface area contributed by atoms with Gasteiger partial charge >= 0.3 is 0 Å². The second kappa shape index (κ2) is 24.9. The summed E-state index contributed by atoms with van der Waals surface area (Å²) >= 11 is 0. The fraction of sp³-hybridized carbons (Fsp3) is 0.771. The first-order chi connectivity index (χ1) is 18.2. The maximum absolute atomic E-state index is 8.99. The topological polar surface area (TPSA) is 29.5 Å². The van der Waals surface area contributed by atoms with E-state index in [2.05, 4.69) is 50.8 Å². The number of rotatable bonds is 24. The van der Waals surface area contributed by atoms with Gasteiger partial charge in [0.25, 0.3) is 0 Å². The maximum Gasteiger partial charge on any atom is 0.120 e. The number of unbranched alkanes of at least 4 members (excludes halogenated alkanes) is 15. The molecule has 1 unspecified atom stereocenters. The summed E-state index contributed by atoms with van der Waals surface area (Å²) in [6.45, 7) is 7.89. The molecule has 0 bridgehead atoms. The third-order valence-electron chi connectivity index (χ3n) is 7.51. The fourth-order valence-electron chi connectivity index (χ4n) is 4.91. The molecule has 0 aliphatic carbocycles. The van der Waals surface area contributed by atoms with Gasteiger partial charge in [-0.25, -0.2) is 0 Å². The highest BCUT2D eigenvalue weighted by Crippen LogP contribution is 2.22. The summed E-state index contributed by atoms with van der Waals surface area (Å²) in [7, 11) is 0. The van der Waals surface area contributed by atoms with E-state index in [4.69, 9.17) is 9.84 Å². The summed E-state index contributed by atoms with van der Waals surface area (Å²) in [6.07, 6.45) is 26.8. The van der Waals surface area contributed by atoms with E-state index in [1.807, 2.05) is 0 Å². The van der Waals surface area contributed by atoms with Crippen LogP contribution in [0.5, 0.6) is 5.75 Å². The van der Waals surface area contributed by atoms with Crippen LogP contribution in [-0.4, -0.2) is 18.3 Å². The third kappa shape index (κ3) is 19.3. The van der Waals surface area contributed by atoms with Crippen molar-refractivity contribution >= 4 is 0 Å². The molecule has 1 aromatic carbocycles. The van der Waals surface area contributed by atoms with Crippen LogP contribution in [0.15, 0.2) is 18.2 Å². The van der Waals surface area contributed by atoms with Gasteiger partial charge in [-0.2, -0.15) is 0 Å². The van der Waals surface area contributed by atoms with Crippen molar-refractivity contribution in [3.63, 3.8) is 0 Å². The van der Waals surface area contributed by atoms with Crippen molar-refractivity contribution in [1.82, 2.24) is 0 Å². The molecule has 2 nitrogen and oxygen atoms in total. The van der Waals surface area contributed by atoms with Crippen molar-refractivity contribution in [3.05, 3.63) is 29.3 Å². The van der Waals surface area contributed by atoms with E-state index < -0.39 is 0 Å². The summed E-state index contributed by atoms with van der Waals surface area (Å²) in [5.74, 6) is 8.28. The molecule has 1 atom stereocenters. The molecular formula is C35H60O2. The molecule has 0 aliphatic heterocycles. The van der Waals surface area contributed by atoms with Gasteiger partial charge in [0.15, 0.2) is 0 Å². The number of benzene rings is 1. The minimum Gasteiger partial charge on any atom is -0.493 e. The summed E-state index contributed by atoms with van der Waals surface area (Å²) in [6, 6.07) is 6.64. The van der Waals surface area contributed by atoms with Crippen molar-refractivity contribution in [2.24, 2.45) is 5.92 Å². The lowest BCUT2D eigenvalue weighted by atomic mass is 10.00. The van der Waals surface area contributed by atoms with Gasteiger partial charge in [0.05, 0.1) is 6.61 Å². The SMILES string of the molecule is CCCCCCCCCCCCCCCc1cc(C#CCCCCO)cc(OCC(CC)CCCC)c1. The second-order valence-corrected chi connectivity index (χ2v) is 11.1. The molecule has 0 amide bonds. The highest BCUT2D eigenvalue weighted by atomic mass is 16.5. The Morgan fingerprint density at radius 2 is 1.32 bits per heavy atom. The molecule has 212 valence electrons. The smallest absolute Gasteiger partial charge is 0.120 e. The van der Waals surface area contributed by atoms with Gasteiger partial charge in [0.2, 0.25) is 0 Å². The number of ether oxygens (including phenoxy) is 1. The van der Waals surface area contributed by atoms with Crippen molar-refractivity contribution < 1.29 is 9.84 Å². The van der Waals surface area contributed by atoms with Crippen LogP contribution in [0.4, 0.5) is 0 Å². The molecule has 0 radical (unpaired) electrons. The van der Waals surface area contributed by atoms with Gasteiger partial charge in [-0.3, -0.25) is 0 Å². The van der Waals surface area contributed by atoms with Gasteiger partial charge in [-0.05, 0) is 61.8 Å². The number of aliphatic hydroxyl groups excluding tert-OH is 1. The van der Waals surface area contributed by atoms with E-state index in [0.717, 1.165) is 43.6 Å². The molecule has 0 aliphatic rings. The van der Waals surface area contributed by atoms with Crippen molar-refractivity contribution in [1.29, 1.82) is 0 Å². The van der Waals surface area contributed by atoms with Crippen LogP contribution < -0.4 is 4.74 Å². The Hall–Kier alpha value is -1.46. The Morgan fingerprint density at radius 3 is 1.92 bits per heavy atom. The van der Waals surface area contributed by atoms with E-state index in [9.17, 15) is 0 Å². The molecule has 0 heterocycles. The Morgan fingerprint density at radius 1 is 0.703 bits per heavy atom. The maximum atomic E-state index is 8.99. The predicted molar refractivity (Wildman–Crippen MR) is 162 cm³/mol. The fourth-order valence-corrected chi connectivity index (χ4v) is 4.91. The molecule has 1 aromatic rings. The first kappa shape index (κ1) is 33.6. The highest BCUT2D eigenvalue weighted by Gasteiger charge is 2.08. The Kier molecular flexibility index (Phi) is 22.5. The van der Waals surface area contributed by atoms with Crippen LogP contribution in [0.1, 0.15) is 160 Å². The molecule has 2 heteroatoms. The third-order valence-corrected chi connectivity index (χ3v) is 7.51. The number of hydrogen-bond acceptors (Lipinski definition) is 2. The van der Waals surface area contributed by atoms with Crippen LogP contribution in [0, 0.1) is 17.8 Å². The molecule has 0 fully saturated rings. The molecule has 1 rings (SSSR count). The van der Waals surface area contributed by atoms with E-state index >= 15 is 0 Å². The van der Waals surface area contributed by atoms with Crippen LogP contribution in [-0.2, 0) is 6.42 Å². The lowest BCUT2D eigenvalue weighted by Crippen LogP contribution is -2.11. The average molecular weight is 513 g/mol. The average Bonchev–Trinajstić information content (AvgIpc) is 2.91. The first-order valence-corrected chi connectivity index (χ1v) is 16.1. The van der Waals surface area contributed by atoms with E-state index in [0.29, 0.717) is 5.92 Å². The Labute approximate surface area is 231 Å². The van der Waals surface area contributed by atoms with E-state index in [-0.39, 0.29) is 6.61 Å². The van der Waals surface area contributed by atoms with E-state index in [1.165, 1.54) is 115 Å². The summed E-state index contributed by atoms with van der Waals surface area (Å²) in [5, 5.41) is 8.99. The number of aryl methyl sites for hydroxylation is 1. The molecule has 37 heavy (non-hydrogen) atoms. The summed E-state index contributed by atoms with van der Waals surface area (Å²) in [4.78, 5) is 0. The van der Waals surface area contributed by atoms with Gasteiger partial charge < -0.3 is 9.84 Å². The Bertz CT molecular complexity index is 699. The lowest BCUT2D eigenvalue weighted by molar-refractivity contribution is 0.233. The quantitative estimate of drug-likeness (QED) is 0.110. The number of aliphatic hydroxyl groups is 1. The lowest BCUT2D eigenvalue weighted by Gasteiger charge is -2.16. The molecule has 0 aromatic heterocycles. The molecule has 0 spiro atoms. The molecule has 0 saturated heterocycles. The first-order valence-electron chi connectivity index (χ1n) is 16.1.